The van der Waals surface area contributed by atoms with Crippen LogP contribution in [0.1, 0.15) is 31.9 Å². The number of nitrogens with one attached hydrogen (secondary N) is 2. The van der Waals surface area contributed by atoms with E-state index in [1.54, 1.807) is 38.1 Å². The van der Waals surface area contributed by atoms with E-state index in [1.807, 2.05) is 6.07 Å². The van der Waals surface area contributed by atoms with Gasteiger partial charge in [0, 0.05) is 18.8 Å². The second-order valence-corrected chi connectivity index (χ2v) is 9.74. The molecule has 1 atom stereocenters. The van der Waals surface area contributed by atoms with Gasteiger partial charge in [-0.25, -0.2) is 13.2 Å². The maximum atomic E-state index is 13.0. The second kappa shape index (κ2) is 9.62. The zero-order valence-corrected chi connectivity index (χ0v) is 19.8. The maximum Gasteiger partial charge on any atom is 0.325 e. The molecule has 1 aliphatic heterocycles. The van der Waals surface area contributed by atoms with Gasteiger partial charge in [0.05, 0.1) is 16.5 Å². The number of nitriles is 1. The molecule has 0 saturated carbocycles. The van der Waals surface area contributed by atoms with Crippen LogP contribution in [0.5, 0.6) is 0 Å². The van der Waals surface area contributed by atoms with Gasteiger partial charge in [0.25, 0.3) is 5.91 Å². The van der Waals surface area contributed by atoms with Crippen molar-refractivity contribution in [3.8, 4) is 6.07 Å². The van der Waals surface area contributed by atoms with Gasteiger partial charge in [-0.2, -0.15) is 9.57 Å². The molecular formula is C23H25N5O5S. The van der Waals surface area contributed by atoms with Crippen LogP contribution in [0.4, 0.5) is 10.5 Å². The first-order valence-corrected chi connectivity index (χ1v) is 12.1. The van der Waals surface area contributed by atoms with Gasteiger partial charge >= 0.3 is 6.03 Å². The van der Waals surface area contributed by atoms with Crippen LogP contribution in [-0.4, -0.2) is 55.1 Å². The molecule has 1 heterocycles. The van der Waals surface area contributed by atoms with Gasteiger partial charge in [0.2, 0.25) is 15.9 Å². The van der Waals surface area contributed by atoms with Crippen LogP contribution >= 0.6 is 0 Å². The van der Waals surface area contributed by atoms with E-state index in [0.717, 1.165) is 4.90 Å². The van der Waals surface area contributed by atoms with E-state index in [2.05, 4.69) is 10.6 Å². The molecule has 3 rings (SSSR count). The first-order chi connectivity index (χ1) is 16.1. The molecule has 0 radical (unpaired) electrons. The third kappa shape index (κ3) is 4.64. The normalized spacial score (nSPS) is 18.0. The molecule has 0 aliphatic carbocycles. The molecule has 4 amide bonds. The van der Waals surface area contributed by atoms with Crippen LogP contribution in [0.25, 0.3) is 0 Å². The second-order valence-electron chi connectivity index (χ2n) is 7.80. The number of hydrogen-bond donors (Lipinski definition) is 2. The van der Waals surface area contributed by atoms with Crippen LogP contribution in [0.3, 0.4) is 0 Å². The minimum atomic E-state index is -3.63. The Morgan fingerprint density at radius 2 is 1.68 bits per heavy atom. The summed E-state index contributed by atoms with van der Waals surface area (Å²) in [5.74, 6) is -1.22. The summed E-state index contributed by atoms with van der Waals surface area (Å²) in [4.78, 5) is 38.9. The summed E-state index contributed by atoms with van der Waals surface area (Å²) in [6.07, 6.45) is 0. The fourth-order valence-corrected chi connectivity index (χ4v) is 5.14. The SMILES string of the molecule is CCN(CC)S(=O)(=O)c1ccc(NC(=O)CN2C(=O)N[C@@](C)(c3ccc(C#N)cc3)C2=O)cc1. The highest BCUT2D eigenvalue weighted by Crippen LogP contribution is 2.29. The number of anilines is 1. The molecular weight excluding hydrogens is 458 g/mol. The fourth-order valence-electron chi connectivity index (χ4n) is 3.68. The number of hydrogen-bond acceptors (Lipinski definition) is 6. The molecule has 0 aromatic heterocycles. The summed E-state index contributed by atoms with van der Waals surface area (Å²) in [6, 6.07) is 13.2. The van der Waals surface area contributed by atoms with Crippen LogP contribution in [-0.2, 0) is 25.2 Å². The number of sulfonamides is 1. The van der Waals surface area contributed by atoms with E-state index in [1.165, 1.54) is 35.5 Å². The van der Waals surface area contributed by atoms with Gasteiger partial charge in [0.15, 0.2) is 0 Å². The van der Waals surface area contributed by atoms with E-state index in [9.17, 15) is 22.8 Å². The third-order valence-corrected chi connectivity index (χ3v) is 7.71. The Balaban J connectivity index is 1.69. The molecule has 34 heavy (non-hydrogen) atoms. The highest BCUT2D eigenvalue weighted by atomic mass is 32.2. The van der Waals surface area contributed by atoms with E-state index in [-0.39, 0.29) is 4.90 Å². The first-order valence-electron chi connectivity index (χ1n) is 10.6. The Kier molecular flexibility index (Phi) is 7.04. The minimum Gasteiger partial charge on any atom is -0.325 e. The van der Waals surface area contributed by atoms with E-state index >= 15 is 0 Å². The van der Waals surface area contributed by atoms with Gasteiger partial charge in [0.1, 0.15) is 12.1 Å². The highest BCUT2D eigenvalue weighted by Gasteiger charge is 2.49. The van der Waals surface area contributed by atoms with E-state index in [4.69, 9.17) is 5.26 Å². The molecule has 0 bridgehead atoms. The highest BCUT2D eigenvalue weighted by molar-refractivity contribution is 7.89. The number of carbonyl (C=O) groups is 3. The predicted octanol–water partition coefficient (Wildman–Crippen LogP) is 1.99. The maximum absolute atomic E-state index is 13.0. The van der Waals surface area contributed by atoms with E-state index in [0.29, 0.717) is 29.9 Å². The van der Waals surface area contributed by atoms with Crippen molar-refractivity contribution in [3.63, 3.8) is 0 Å². The largest absolute Gasteiger partial charge is 0.325 e. The lowest BCUT2D eigenvalue weighted by Gasteiger charge is -2.22. The molecule has 178 valence electrons. The molecule has 1 fully saturated rings. The molecule has 11 heteroatoms. The molecule has 2 aromatic carbocycles. The van der Waals surface area contributed by atoms with Gasteiger partial charge in [-0.05, 0) is 48.9 Å². The molecule has 1 saturated heterocycles. The number of imide groups is 1. The van der Waals surface area contributed by atoms with Crippen molar-refractivity contribution in [2.45, 2.75) is 31.2 Å². The van der Waals surface area contributed by atoms with Crippen molar-refractivity contribution < 1.29 is 22.8 Å². The summed E-state index contributed by atoms with van der Waals surface area (Å²) in [7, 11) is -3.63. The van der Waals surface area contributed by atoms with Gasteiger partial charge in [-0.15, -0.1) is 0 Å². The molecule has 2 N–H and O–H groups in total. The Bertz CT molecular complexity index is 1250. The summed E-state index contributed by atoms with van der Waals surface area (Å²) < 4.78 is 26.5. The zero-order chi connectivity index (χ0) is 25.1. The number of benzene rings is 2. The number of nitrogens with zero attached hydrogens (tertiary/aromatic N) is 3. The fraction of sp³-hybridized carbons (Fsp3) is 0.304. The lowest BCUT2D eigenvalue weighted by Crippen LogP contribution is -2.42. The summed E-state index contributed by atoms with van der Waals surface area (Å²) in [5.41, 5.74) is -0.148. The number of carbonyl (C=O) groups excluding carboxylic acids is 3. The summed E-state index contributed by atoms with van der Waals surface area (Å²) in [5, 5.41) is 14.1. The number of urea groups is 1. The van der Waals surface area contributed by atoms with Crippen LogP contribution in [0.2, 0.25) is 0 Å². The predicted molar refractivity (Wildman–Crippen MR) is 124 cm³/mol. The number of amides is 4. The Morgan fingerprint density at radius 3 is 2.21 bits per heavy atom. The van der Waals surface area contributed by atoms with Crippen molar-refractivity contribution in [3.05, 3.63) is 59.7 Å². The third-order valence-electron chi connectivity index (χ3n) is 5.65. The van der Waals surface area contributed by atoms with Crippen LogP contribution in [0.15, 0.2) is 53.4 Å². The lowest BCUT2D eigenvalue weighted by molar-refractivity contribution is -0.133. The van der Waals surface area contributed by atoms with Crippen molar-refractivity contribution in [1.29, 1.82) is 5.26 Å². The Labute approximate surface area is 198 Å². The molecule has 2 aromatic rings. The average molecular weight is 484 g/mol. The Morgan fingerprint density at radius 1 is 1.09 bits per heavy atom. The summed E-state index contributed by atoms with van der Waals surface area (Å²) in [6.45, 7) is 5.18. The van der Waals surface area contributed by atoms with Crippen molar-refractivity contribution in [1.82, 2.24) is 14.5 Å². The van der Waals surface area contributed by atoms with Gasteiger partial charge < -0.3 is 10.6 Å². The number of rotatable bonds is 8. The summed E-state index contributed by atoms with van der Waals surface area (Å²) >= 11 is 0. The quantitative estimate of drug-likeness (QED) is 0.551. The van der Waals surface area contributed by atoms with Crippen LogP contribution < -0.4 is 10.6 Å². The minimum absolute atomic E-state index is 0.0986. The topological polar surface area (TPSA) is 140 Å². The van der Waals surface area contributed by atoms with Crippen molar-refractivity contribution in [2.24, 2.45) is 0 Å². The molecule has 10 nitrogen and oxygen atoms in total. The molecule has 0 unspecified atom stereocenters. The molecule has 0 spiro atoms. The first kappa shape index (κ1) is 24.9. The average Bonchev–Trinajstić information content (AvgIpc) is 3.04. The molecule has 1 aliphatic rings. The van der Waals surface area contributed by atoms with Crippen molar-refractivity contribution in [2.75, 3.05) is 25.0 Å². The standard InChI is InChI=1S/C23H25N5O5S/c1-4-27(5-2)34(32,33)19-12-10-18(11-13-19)25-20(29)15-28-21(30)23(3,26-22(28)31)17-8-6-16(14-24)7-9-17/h6-13H,4-5,15H2,1-3H3,(H,25,29)(H,26,31)/t23-/m0/s1. The zero-order valence-electron chi connectivity index (χ0n) is 19.0. The monoisotopic (exact) mass is 483 g/mol. The van der Waals surface area contributed by atoms with Crippen molar-refractivity contribution >= 4 is 33.6 Å². The smallest absolute Gasteiger partial charge is 0.325 e. The van der Waals surface area contributed by atoms with Gasteiger partial charge in [-0.1, -0.05) is 26.0 Å². The Hall–Kier alpha value is -3.75. The van der Waals surface area contributed by atoms with Gasteiger partial charge in [-0.3, -0.25) is 14.5 Å². The van der Waals surface area contributed by atoms with Crippen LogP contribution in [0, 0.1) is 11.3 Å². The lowest BCUT2D eigenvalue weighted by atomic mass is 9.91. The van der Waals surface area contributed by atoms with E-state index < -0.39 is 40.0 Å².